The van der Waals surface area contributed by atoms with Crippen molar-refractivity contribution >= 4 is 0 Å². The van der Waals surface area contributed by atoms with Gasteiger partial charge in [0.05, 0.1) is 12.2 Å². The highest BCUT2D eigenvalue weighted by Gasteiger charge is 2.42. The molecule has 1 saturated carbocycles. The maximum Gasteiger partial charge on any atom is 0.0841 e. The van der Waals surface area contributed by atoms with Gasteiger partial charge >= 0.3 is 0 Å². The fourth-order valence-electron chi connectivity index (χ4n) is 1.21. The minimum atomic E-state index is 0.713. The number of hydrogen-bond donors (Lipinski definition) is 0. The topological polar surface area (TPSA) is 12.5 Å². The Morgan fingerprint density at radius 2 is 1.08 bits per heavy atom. The Labute approximate surface area is 78.5 Å². The van der Waals surface area contributed by atoms with E-state index in [0.717, 1.165) is 0 Å². The molecule has 0 aromatic heterocycles. The molecule has 2 atom stereocenters. The van der Waals surface area contributed by atoms with E-state index in [2.05, 4.69) is 0 Å². The number of rotatable bonds is 0. The van der Waals surface area contributed by atoms with Crippen LogP contribution in [0.1, 0.15) is 60.8 Å². The first-order chi connectivity index (χ1) is 5.97. The zero-order chi connectivity index (χ0) is 9.98. The molecule has 0 amide bonds. The van der Waals surface area contributed by atoms with Crippen LogP contribution in [0.25, 0.3) is 0 Å². The number of hydrogen-bond acceptors (Lipinski definition) is 1. The molecular formula is C11H26O. The van der Waals surface area contributed by atoms with Crippen molar-refractivity contribution in [3.63, 3.8) is 0 Å². The quantitative estimate of drug-likeness (QED) is 0.505. The minimum absolute atomic E-state index is 0.713. The van der Waals surface area contributed by atoms with Crippen molar-refractivity contribution in [1.29, 1.82) is 0 Å². The molecule has 1 aliphatic carbocycles. The Bertz CT molecular complexity index is 63.4. The summed E-state index contributed by atoms with van der Waals surface area (Å²) in [6.45, 7) is 12.0. The van der Waals surface area contributed by atoms with Crippen molar-refractivity contribution in [3.05, 3.63) is 0 Å². The Morgan fingerprint density at radius 1 is 0.750 bits per heavy atom. The van der Waals surface area contributed by atoms with Crippen molar-refractivity contribution < 1.29 is 4.74 Å². The first-order valence-electron chi connectivity index (χ1n) is 5.62. The van der Waals surface area contributed by atoms with Gasteiger partial charge in [0.1, 0.15) is 0 Å². The van der Waals surface area contributed by atoms with Gasteiger partial charge in [-0.15, -0.1) is 0 Å². The SMILES string of the molecule is C1CC2OC2C1.CC.CC.CC. The maximum atomic E-state index is 5.15. The van der Waals surface area contributed by atoms with Crippen LogP contribution in [0.3, 0.4) is 0 Å². The fraction of sp³-hybridized carbons (Fsp3) is 1.00. The summed E-state index contributed by atoms with van der Waals surface area (Å²) in [6.07, 6.45) is 5.51. The van der Waals surface area contributed by atoms with Gasteiger partial charge in [-0.05, 0) is 19.3 Å². The molecule has 1 heteroatoms. The van der Waals surface area contributed by atoms with E-state index in [1.165, 1.54) is 19.3 Å². The van der Waals surface area contributed by atoms with Crippen molar-refractivity contribution in [3.8, 4) is 0 Å². The molecule has 12 heavy (non-hydrogen) atoms. The van der Waals surface area contributed by atoms with Crippen LogP contribution < -0.4 is 0 Å². The van der Waals surface area contributed by atoms with Gasteiger partial charge in [-0.25, -0.2) is 0 Å². The van der Waals surface area contributed by atoms with E-state index in [-0.39, 0.29) is 0 Å². The fourth-order valence-corrected chi connectivity index (χ4v) is 1.21. The second kappa shape index (κ2) is 11.0. The molecule has 0 aromatic carbocycles. The number of ether oxygens (including phenoxy) is 1. The molecule has 76 valence electrons. The van der Waals surface area contributed by atoms with Crippen molar-refractivity contribution in [2.45, 2.75) is 73.0 Å². The van der Waals surface area contributed by atoms with Crippen LogP contribution in [0.15, 0.2) is 0 Å². The third-order valence-corrected chi connectivity index (χ3v) is 1.66. The van der Waals surface area contributed by atoms with E-state index >= 15 is 0 Å². The van der Waals surface area contributed by atoms with Gasteiger partial charge in [0, 0.05) is 0 Å². The molecule has 1 saturated heterocycles. The van der Waals surface area contributed by atoms with Gasteiger partial charge in [-0.1, -0.05) is 41.5 Å². The largest absolute Gasteiger partial charge is 0.370 e. The second-order valence-electron chi connectivity index (χ2n) is 2.14. The smallest absolute Gasteiger partial charge is 0.0841 e. The minimum Gasteiger partial charge on any atom is -0.370 e. The van der Waals surface area contributed by atoms with E-state index in [9.17, 15) is 0 Å². The molecular weight excluding hydrogens is 148 g/mol. The second-order valence-corrected chi connectivity index (χ2v) is 2.14. The van der Waals surface area contributed by atoms with Gasteiger partial charge < -0.3 is 4.74 Å². The zero-order valence-electron chi connectivity index (χ0n) is 9.68. The average Bonchev–Trinajstić information content (AvgIpc) is 2.83. The molecule has 2 fully saturated rings. The molecule has 2 aliphatic rings. The number of epoxide rings is 1. The van der Waals surface area contributed by atoms with Gasteiger partial charge in [0.15, 0.2) is 0 Å². The lowest BCUT2D eigenvalue weighted by Crippen LogP contribution is -1.74. The summed E-state index contributed by atoms with van der Waals surface area (Å²) in [7, 11) is 0. The van der Waals surface area contributed by atoms with E-state index in [0.29, 0.717) is 12.2 Å². The van der Waals surface area contributed by atoms with Crippen LogP contribution in [0, 0.1) is 0 Å². The molecule has 1 heterocycles. The third-order valence-electron chi connectivity index (χ3n) is 1.66. The van der Waals surface area contributed by atoms with E-state index in [4.69, 9.17) is 4.74 Å². The standard InChI is InChI=1S/C5H8O.3C2H6/c1-2-4-5(3-1)6-4;3*1-2/h4-5H,1-3H2;3*1-2H3. The molecule has 0 bridgehead atoms. The first-order valence-corrected chi connectivity index (χ1v) is 5.62. The third kappa shape index (κ3) is 5.59. The predicted molar refractivity (Wildman–Crippen MR) is 56.6 cm³/mol. The van der Waals surface area contributed by atoms with E-state index in [1.807, 2.05) is 41.5 Å². The van der Waals surface area contributed by atoms with Crippen LogP contribution in [-0.4, -0.2) is 12.2 Å². The lowest BCUT2D eigenvalue weighted by Gasteiger charge is -1.81. The summed E-state index contributed by atoms with van der Waals surface area (Å²) in [5, 5.41) is 0. The van der Waals surface area contributed by atoms with Crippen molar-refractivity contribution in [1.82, 2.24) is 0 Å². The summed E-state index contributed by atoms with van der Waals surface area (Å²) in [4.78, 5) is 0. The highest BCUT2D eigenvalue weighted by atomic mass is 16.6. The highest BCUT2D eigenvalue weighted by Crippen LogP contribution is 2.37. The molecule has 2 rings (SSSR count). The molecule has 0 N–H and O–H groups in total. The average molecular weight is 174 g/mol. The molecule has 1 nitrogen and oxygen atoms in total. The van der Waals surface area contributed by atoms with Gasteiger partial charge in [-0.2, -0.15) is 0 Å². The van der Waals surface area contributed by atoms with Gasteiger partial charge in [0.2, 0.25) is 0 Å². The maximum absolute atomic E-state index is 5.15. The van der Waals surface area contributed by atoms with Crippen LogP contribution in [0.2, 0.25) is 0 Å². The molecule has 0 radical (unpaired) electrons. The highest BCUT2D eigenvalue weighted by molar-refractivity contribution is 4.90. The lowest BCUT2D eigenvalue weighted by atomic mass is 10.4. The molecule has 2 unspecified atom stereocenters. The molecule has 0 aromatic rings. The number of fused-ring (bicyclic) bond motifs is 1. The Morgan fingerprint density at radius 3 is 1.17 bits per heavy atom. The predicted octanol–water partition coefficient (Wildman–Crippen LogP) is 4.02. The Balaban J connectivity index is 0. The summed E-state index contributed by atoms with van der Waals surface area (Å²) in [5.41, 5.74) is 0. The lowest BCUT2D eigenvalue weighted by molar-refractivity contribution is 0.322. The summed E-state index contributed by atoms with van der Waals surface area (Å²) in [5.74, 6) is 0. The normalized spacial score (nSPS) is 27.5. The molecule has 0 spiro atoms. The Kier molecular flexibility index (Phi) is 13.2. The van der Waals surface area contributed by atoms with Gasteiger partial charge in [-0.3, -0.25) is 0 Å². The van der Waals surface area contributed by atoms with E-state index < -0.39 is 0 Å². The molecule has 1 aliphatic heterocycles. The van der Waals surface area contributed by atoms with Gasteiger partial charge in [0.25, 0.3) is 0 Å². The zero-order valence-corrected chi connectivity index (χ0v) is 9.68. The van der Waals surface area contributed by atoms with Crippen LogP contribution in [0.5, 0.6) is 0 Å². The summed E-state index contributed by atoms with van der Waals surface area (Å²) >= 11 is 0. The van der Waals surface area contributed by atoms with Crippen LogP contribution in [-0.2, 0) is 4.74 Å². The van der Waals surface area contributed by atoms with Crippen LogP contribution >= 0.6 is 0 Å². The van der Waals surface area contributed by atoms with Crippen LogP contribution in [0.4, 0.5) is 0 Å². The van der Waals surface area contributed by atoms with Crippen molar-refractivity contribution in [2.24, 2.45) is 0 Å². The van der Waals surface area contributed by atoms with Crippen molar-refractivity contribution in [2.75, 3.05) is 0 Å². The Hall–Kier alpha value is -0.0400. The first kappa shape index (κ1) is 14.5. The summed E-state index contributed by atoms with van der Waals surface area (Å²) in [6, 6.07) is 0. The van der Waals surface area contributed by atoms with E-state index in [1.54, 1.807) is 0 Å². The summed E-state index contributed by atoms with van der Waals surface area (Å²) < 4.78 is 5.15. The monoisotopic (exact) mass is 174 g/mol.